The number of aryl methyl sites for hydroxylation is 2. The number of nitrogens with one attached hydrogen (secondary N) is 1. The summed E-state index contributed by atoms with van der Waals surface area (Å²) in [5, 5.41) is 0. The Kier molecular flexibility index (Phi) is 7.51. The van der Waals surface area contributed by atoms with E-state index in [2.05, 4.69) is 4.98 Å². The summed E-state index contributed by atoms with van der Waals surface area (Å²) in [7, 11) is -4.10. The van der Waals surface area contributed by atoms with Crippen LogP contribution in [-0.2, 0) is 21.2 Å². The molecule has 4 rings (SSSR count). The van der Waals surface area contributed by atoms with E-state index in [0.717, 1.165) is 17.7 Å². The van der Waals surface area contributed by atoms with Crippen LogP contribution in [0.25, 0.3) is 16.7 Å². The SMILES string of the molecule is CCc1nc2cc(C(=O)C(F)(F)F)ccc2n1-c1ccc(C(C)OC(=O)NS(=O)(=O)c2ccc(C)cc2)cc1. The fourth-order valence-electron chi connectivity index (χ4n) is 3.99. The van der Waals surface area contributed by atoms with Gasteiger partial charge in [-0.3, -0.25) is 9.36 Å². The van der Waals surface area contributed by atoms with E-state index in [1.807, 2.05) is 11.6 Å². The summed E-state index contributed by atoms with van der Waals surface area (Å²) in [6, 6.07) is 16.4. The number of aromatic nitrogens is 2. The van der Waals surface area contributed by atoms with E-state index in [1.165, 1.54) is 18.2 Å². The number of rotatable bonds is 7. The van der Waals surface area contributed by atoms with E-state index in [1.54, 1.807) is 54.8 Å². The van der Waals surface area contributed by atoms with Crippen molar-refractivity contribution in [1.82, 2.24) is 14.3 Å². The van der Waals surface area contributed by atoms with E-state index in [9.17, 15) is 31.2 Å². The molecule has 1 N–H and O–H groups in total. The maximum absolute atomic E-state index is 12.9. The molecule has 4 aromatic rings. The predicted molar refractivity (Wildman–Crippen MR) is 137 cm³/mol. The van der Waals surface area contributed by atoms with Gasteiger partial charge in [0.15, 0.2) is 0 Å². The van der Waals surface area contributed by atoms with Gasteiger partial charge in [0.25, 0.3) is 15.8 Å². The van der Waals surface area contributed by atoms with Crippen molar-refractivity contribution in [2.75, 3.05) is 0 Å². The van der Waals surface area contributed by atoms with Gasteiger partial charge in [-0.15, -0.1) is 0 Å². The lowest BCUT2D eigenvalue weighted by Gasteiger charge is -2.16. The molecule has 12 heteroatoms. The van der Waals surface area contributed by atoms with Crippen molar-refractivity contribution in [3.63, 3.8) is 0 Å². The molecule has 0 bridgehead atoms. The summed E-state index contributed by atoms with van der Waals surface area (Å²) in [6.45, 7) is 5.23. The van der Waals surface area contributed by atoms with Crippen molar-refractivity contribution >= 4 is 32.9 Å². The first-order valence-corrected chi connectivity index (χ1v) is 13.3. The predicted octanol–water partition coefficient (Wildman–Crippen LogP) is 5.82. The van der Waals surface area contributed by atoms with Crippen molar-refractivity contribution in [3.05, 3.63) is 89.2 Å². The highest BCUT2D eigenvalue weighted by molar-refractivity contribution is 7.90. The number of ether oxygens (including phenoxy) is 1. The van der Waals surface area contributed by atoms with Crippen molar-refractivity contribution in [3.8, 4) is 5.69 Å². The quantitative estimate of drug-likeness (QED) is 0.286. The molecule has 0 radical (unpaired) electrons. The Balaban J connectivity index is 1.52. The number of hydrogen-bond donors (Lipinski definition) is 1. The molecule has 39 heavy (non-hydrogen) atoms. The number of nitrogens with zero attached hydrogens (tertiary/aromatic N) is 2. The highest BCUT2D eigenvalue weighted by atomic mass is 32.2. The largest absolute Gasteiger partial charge is 0.454 e. The van der Waals surface area contributed by atoms with Crippen LogP contribution in [0.3, 0.4) is 0 Å². The van der Waals surface area contributed by atoms with Gasteiger partial charge in [0, 0.05) is 17.7 Å². The molecule has 1 unspecified atom stereocenters. The van der Waals surface area contributed by atoms with Crippen LogP contribution in [-0.4, -0.2) is 36.0 Å². The molecule has 1 atom stereocenters. The summed E-state index contributed by atoms with van der Waals surface area (Å²) < 4.78 is 72.3. The Labute approximate surface area is 222 Å². The summed E-state index contributed by atoms with van der Waals surface area (Å²) >= 11 is 0. The number of Topliss-reactive ketones (excluding diaryl/α,β-unsaturated/α-hetero) is 1. The molecular weight excluding hydrogens is 535 g/mol. The molecule has 0 spiro atoms. The van der Waals surface area contributed by atoms with E-state index in [4.69, 9.17) is 4.74 Å². The summed E-state index contributed by atoms with van der Waals surface area (Å²) in [5.41, 5.74) is 2.35. The van der Waals surface area contributed by atoms with E-state index in [-0.39, 0.29) is 10.4 Å². The number of ketones is 1. The van der Waals surface area contributed by atoms with Crippen molar-refractivity contribution in [2.45, 2.75) is 44.4 Å². The minimum Gasteiger partial charge on any atom is -0.441 e. The number of imidazole rings is 1. The molecule has 3 aromatic carbocycles. The van der Waals surface area contributed by atoms with Gasteiger partial charge in [0.2, 0.25) is 0 Å². The summed E-state index contributed by atoms with van der Waals surface area (Å²) in [6.07, 6.45) is -6.45. The third-order valence-corrected chi connectivity index (χ3v) is 7.34. The van der Waals surface area contributed by atoms with Crippen LogP contribution >= 0.6 is 0 Å². The molecule has 0 aliphatic rings. The fraction of sp³-hybridized carbons (Fsp3) is 0.222. The number of alkyl halides is 3. The molecule has 1 aromatic heterocycles. The normalized spacial score (nSPS) is 12.8. The lowest BCUT2D eigenvalue weighted by Crippen LogP contribution is -2.31. The minimum atomic E-state index is -4.99. The number of halogens is 3. The number of sulfonamides is 1. The van der Waals surface area contributed by atoms with Crippen molar-refractivity contribution in [2.24, 2.45) is 0 Å². The second-order valence-corrected chi connectivity index (χ2v) is 10.5. The van der Waals surface area contributed by atoms with Gasteiger partial charge < -0.3 is 4.74 Å². The molecule has 0 aliphatic carbocycles. The first-order chi connectivity index (χ1) is 18.3. The van der Waals surface area contributed by atoms with Crippen LogP contribution < -0.4 is 4.72 Å². The Bertz CT molecular complexity index is 1650. The van der Waals surface area contributed by atoms with Gasteiger partial charge in [-0.25, -0.2) is 22.9 Å². The molecule has 0 fully saturated rings. The number of fused-ring (bicyclic) bond motifs is 1. The number of carbonyl (C=O) groups excluding carboxylic acids is 2. The average molecular weight is 560 g/mol. The molecule has 1 heterocycles. The van der Waals surface area contributed by atoms with Gasteiger partial charge in [0.05, 0.1) is 15.9 Å². The Morgan fingerprint density at radius 3 is 2.26 bits per heavy atom. The van der Waals surface area contributed by atoms with Crippen LogP contribution in [0, 0.1) is 6.92 Å². The zero-order valence-corrected chi connectivity index (χ0v) is 21.9. The third-order valence-electron chi connectivity index (χ3n) is 6.01. The lowest BCUT2D eigenvalue weighted by molar-refractivity contribution is -0.0885. The second kappa shape index (κ2) is 10.5. The van der Waals surface area contributed by atoms with Crippen molar-refractivity contribution < 1.29 is 35.9 Å². The van der Waals surface area contributed by atoms with Crippen LogP contribution in [0.5, 0.6) is 0 Å². The molecule has 8 nitrogen and oxygen atoms in total. The van der Waals surface area contributed by atoms with Crippen LogP contribution in [0.4, 0.5) is 18.0 Å². The Morgan fingerprint density at radius 2 is 1.67 bits per heavy atom. The van der Waals surface area contributed by atoms with Gasteiger partial charge in [-0.2, -0.15) is 13.2 Å². The molecule has 0 aliphatic heterocycles. The Hall–Kier alpha value is -4.19. The minimum absolute atomic E-state index is 0.0729. The van der Waals surface area contributed by atoms with Crippen LogP contribution in [0.15, 0.2) is 71.6 Å². The van der Waals surface area contributed by atoms with Crippen LogP contribution in [0.1, 0.15) is 47.3 Å². The third kappa shape index (κ3) is 5.95. The maximum atomic E-state index is 12.9. The highest BCUT2D eigenvalue weighted by Gasteiger charge is 2.39. The van der Waals surface area contributed by atoms with Crippen LogP contribution in [0.2, 0.25) is 0 Å². The fourth-order valence-corrected chi connectivity index (χ4v) is 4.87. The zero-order chi connectivity index (χ0) is 28.5. The number of hydrogen-bond acceptors (Lipinski definition) is 6. The average Bonchev–Trinajstić information content (AvgIpc) is 3.25. The maximum Gasteiger partial charge on any atom is 0.454 e. The zero-order valence-electron chi connectivity index (χ0n) is 21.1. The first kappa shape index (κ1) is 27.8. The highest BCUT2D eigenvalue weighted by Crippen LogP contribution is 2.28. The second-order valence-electron chi connectivity index (χ2n) is 8.80. The van der Waals surface area contributed by atoms with Crippen molar-refractivity contribution in [1.29, 1.82) is 0 Å². The monoisotopic (exact) mass is 559 g/mol. The van der Waals surface area contributed by atoms with E-state index in [0.29, 0.717) is 29.0 Å². The number of carbonyl (C=O) groups is 2. The molecular formula is C27H24F3N3O5S. The first-order valence-electron chi connectivity index (χ1n) is 11.8. The molecule has 0 saturated carbocycles. The molecule has 0 saturated heterocycles. The van der Waals surface area contributed by atoms with Gasteiger partial charge >= 0.3 is 12.3 Å². The topological polar surface area (TPSA) is 107 Å². The standard InChI is InChI=1S/C27H24F3N3O5S/c1-4-24-31-22-15-19(25(34)27(28,29)30)9-14-23(22)33(24)20-10-7-18(8-11-20)17(3)38-26(35)32-39(36,37)21-12-5-16(2)6-13-21/h5-15,17H,4H2,1-3H3,(H,32,35). The number of amides is 1. The van der Waals surface area contributed by atoms with E-state index < -0.39 is 39.7 Å². The van der Waals surface area contributed by atoms with E-state index >= 15 is 0 Å². The van der Waals surface area contributed by atoms with Gasteiger partial charge in [0.1, 0.15) is 11.9 Å². The number of benzene rings is 3. The smallest absolute Gasteiger partial charge is 0.441 e. The lowest BCUT2D eigenvalue weighted by atomic mass is 10.1. The van der Waals surface area contributed by atoms with Gasteiger partial charge in [-0.05, 0) is 61.9 Å². The molecule has 204 valence electrons. The summed E-state index contributed by atoms with van der Waals surface area (Å²) in [5.74, 6) is -1.37. The summed E-state index contributed by atoms with van der Waals surface area (Å²) in [4.78, 5) is 28.3. The van der Waals surface area contributed by atoms with Gasteiger partial charge in [-0.1, -0.05) is 36.8 Å². The molecule has 1 amide bonds. The Morgan fingerprint density at radius 1 is 1.03 bits per heavy atom.